The summed E-state index contributed by atoms with van der Waals surface area (Å²) in [6.07, 6.45) is 0. The van der Waals surface area contributed by atoms with Gasteiger partial charge in [-0.05, 0) is 18.2 Å². The molecule has 2 fully saturated rings. The number of hydrogen-bond donors (Lipinski definition) is 2. The molecule has 9 heteroatoms. The van der Waals surface area contributed by atoms with Crippen LogP contribution in [0.25, 0.3) is 0 Å². The number of nitrogens with zero attached hydrogens (tertiary/aromatic N) is 2. The maximum atomic E-state index is 12.9. The highest BCUT2D eigenvalue weighted by atomic mass is 35.5. The van der Waals surface area contributed by atoms with Crippen molar-refractivity contribution in [3.05, 3.63) is 34.9 Å². The number of carbonyl (C=O) groups is 3. The molecule has 3 rings (SSSR count). The van der Waals surface area contributed by atoms with E-state index < -0.39 is 5.97 Å². The number of carbonyl (C=O) groups excluding carboxylic acids is 1. The first-order valence-electron chi connectivity index (χ1n) is 8.10. The Hall–Kier alpha value is -2.16. The number of halogens is 1. The van der Waals surface area contributed by atoms with Crippen LogP contribution in [-0.2, 0) is 14.3 Å². The molecular weight excluding hydrogens is 364 g/mol. The van der Waals surface area contributed by atoms with Crippen LogP contribution in [0.3, 0.4) is 0 Å². The summed E-state index contributed by atoms with van der Waals surface area (Å²) in [7, 11) is 0. The SMILES string of the molecule is O=C(O)CN1C[C@@H]2COC[C@H](C1)N(C(=O)c1cccc(Cl)c1)C2.O=CO. The zero-order valence-electron chi connectivity index (χ0n) is 14.1. The molecule has 2 N–H and O–H groups in total. The van der Waals surface area contributed by atoms with Crippen LogP contribution >= 0.6 is 11.6 Å². The van der Waals surface area contributed by atoms with E-state index in [0.717, 1.165) is 0 Å². The highest BCUT2D eigenvalue weighted by Crippen LogP contribution is 2.22. The van der Waals surface area contributed by atoms with Crippen molar-refractivity contribution in [2.45, 2.75) is 6.04 Å². The molecule has 2 atom stereocenters. The van der Waals surface area contributed by atoms with Crippen LogP contribution in [-0.4, -0.2) is 83.8 Å². The molecule has 0 unspecified atom stereocenters. The second-order valence-electron chi connectivity index (χ2n) is 6.22. The van der Waals surface area contributed by atoms with Gasteiger partial charge in [-0.1, -0.05) is 17.7 Å². The zero-order valence-corrected chi connectivity index (χ0v) is 14.8. The Kier molecular flexibility index (Phi) is 7.38. The molecule has 2 aliphatic rings. The number of fused-ring (bicyclic) bond motifs is 3. The number of ether oxygens (including phenoxy) is 1. The van der Waals surface area contributed by atoms with Gasteiger partial charge in [-0.25, -0.2) is 0 Å². The van der Waals surface area contributed by atoms with Gasteiger partial charge in [0.1, 0.15) is 0 Å². The first kappa shape index (κ1) is 20.2. The van der Waals surface area contributed by atoms with Gasteiger partial charge in [-0.15, -0.1) is 0 Å². The molecule has 2 bridgehead atoms. The van der Waals surface area contributed by atoms with E-state index in [1.165, 1.54) is 0 Å². The van der Waals surface area contributed by atoms with Gasteiger partial charge in [0.25, 0.3) is 12.4 Å². The average Bonchev–Trinajstić information content (AvgIpc) is 2.85. The normalized spacial score (nSPS) is 22.6. The summed E-state index contributed by atoms with van der Waals surface area (Å²) in [4.78, 5) is 35.9. The van der Waals surface area contributed by atoms with Crippen LogP contribution in [0.15, 0.2) is 24.3 Å². The second kappa shape index (κ2) is 9.51. The molecule has 26 heavy (non-hydrogen) atoms. The molecule has 0 spiro atoms. The van der Waals surface area contributed by atoms with Crippen molar-refractivity contribution < 1.29 is 29.3 Å². The van der Waals surface area contributed by atoms with E-state index in [0.29, 0.717) is 43.4 Å². The van der Waals surface area contributed by atoms with Crippen LogP contribution in [0, 0.1) is 5.92 Å². The maximum absolute atomic E-state index is 12.9. The molecule has 0 aromatic heterocycles. The van der Waals surface area contributed by atoms with E-state index in [-0.39, 0.29) is 30.9 Å². The third-order valence-corrected chi connectivity index (χ3v) is 4.47. The lowest BCUT2D eigenvalue weighted by Crippen LogP contribution is -2.47. The number of aliphatic carboxylic acids is 1. The van der Waals surface area contributed by atoms with Crippen molar-refractivity contribution in [2.24, 2.45) is 5.92 Å². The van der Waals surface area contributed by atoms with Crippen LogP contribution in [0.5, 0.6) is 0 Å². The molecule has 2 aliphatic heterocycles. The summed E-state index contributed by atoms with van der Waals surface area (Å²) < 4.78 is 5.66. The van der Waals surface area contributed by atoms with Crippen LogP contribution in [0.4, 0.5) is 0 Å². The first-order valence-corrected chi connectivity index (χ1v) is 8.48. The zero-order chi connectivity index (χ0) is 19.1. The molecular formula is C17H21ClN2O6. The Morgan fingerprint density at radius 1 is 1.27 bits per heavy atom. The molecule has 1 aromatic carbocycles. The number of carboxylic acid groups (broad SMARTS) is 2. The van der Waals surface area contributed by atoms with Gasteiger partial charge < -0.3 is 19.8 Å². The summed E-state index contributed by atoms with van der Waals surface area (Å²) in [6.45, 7) is 2.43. The van der Waals surface area contributed by atoms with E-state index in [1.807, 2.05) is 9.80 Å². The van der Waals surface area contributed by atoms with Crippen molar-refractivity contribution in [1.82, 2.24) is 9.80 Å². The molecule has 2 heterocycles. The Morgan fingerprint density at radius 2 is 2.00 bits per heavy atom. The van der Waals surface area contributed by atoms with Gasteiger partial charge in [0, 0.05) is 36.1 Å². The Labute approximate surface area is 155 Å². The molecule has 2 saturated heterocycles. The van der Waals surface area contributed by atoms with Gasteiger partial charge in [-0.2, -0.15) is 0 Å². The number of hydrogen-bond acceptors (Lipinski definition) is 5. The molecule has 0 aliphatic carbocycles. The third-order valence-electron chi connectivity index (χ3n) is 4.24. The smallest absolute Gasteiger partial charge is 0.317 e. The van der Waals surface area contributed by atoms with Crippen molar-refractivity contribution in [1.29, 1.82) is 0 Å². The molecule has 0 radical (unpaired) electrons. The summed E-state index contributed by atoms with van der Waals surface area (Å²) in [5.41, 5.74) is 0.551. The first-order chi connectivity index (χ1) is 12.4. The minimum absolute atomic E-state index is 0.00774. The third kappa shape index (κ3) is 5.42. The summed E-state index contributed by atoms with van der Waals surface area (Å²) in [6, 6.07) is 6.75. The van der Waals surface area contributed by atoms with E-state index in [4.69, 9.17) is 31.3 Å². The predicted molar refractivity (Wildman–Crippen MR) is 93.4 cm³/mol. The topological polar surface area (TPSA) is 107 Å². The fraction of sp³-hybridized carbons (Fsp3) is 0.471. The van der Waals surface area contributed by atoms with Crippen molar-refractivity contribution in [2.75, 3.05) is 39.4 Å². The lowest BCUT2D eigenvalue weighted by Gasteiger charge is -2.30. The standard InChI is InChI=1S/C16H19ClN2O4.CH2O2/c17-13-3-1-2-12(4-13)16(22)19-6-11-5-18(8-15(20)21)7-14(19)10-23-9-11;2-1-3/h1-4,11,14H,5-10H2,(H,20,21);1H,(H,2,3)/t11-,14-;/m0./s1. The fourth-order valence-electron chi connectivity index (χ4n) is 3.30. The predicted octanol–water partition coefficient (Wildman–Crippen LogP) is 0.898. The fourth-order valence-corrected chi connectivity index (χ4v) is 3.49. The van der Waals surface area contributed by atoms with E-state index in [1.54, 1.807) is 24.3 Å². The molecule has 0 saturated carbocycles. The van der Waals surface area contributed by atoms with Crippen molar-refractivity contribution in [3.8, 4) is 0 Å². The van der Waals surface area contributed by atoms with E-state index in [9.17, 15) is 9.59 Å². The van der Waals surface area contributed by atoms with Gasteiger partial charge in [0.15, 0.2) is 0 Å². The number of amides is 1. The van der Waals surface area contributed by atoms with Crippen LogP contribution in [0.1, 0.15) is 10.4 Å². The van der Waals surface area contributed by atoms with E-state index >= 15 is 0 Å². The second-order valence-corrected chi connectivity index (χ2v) is 6.65. The summed E-state index contributed by atoms with van der Waals surface area (Å²) >= 11 is 5.98. The van der Waals surface area contributed by atoms with E-state index in [2.05, 4.69) is 0 Å². The largest absolute Gasteiger partial charge is 0.483 e. The molecule has 1 aromatic rings. The van der Waals surface area contributed by atoms with Crippen LogP contribution < -0.4 is 0 Å². The quantitative estimate of drug-likeness (QED) is 0.745. The van der Waals surface area contributed by atoms with Gasteiger partial charge in [0.05, 0.1) is 25.8 Å². The Bertz CT molecular complexity index is 656. The average molecular weight is 385 g/mol. The maximum Gasteiger partial charge on any atom is 0.317 e. The Morgan fingerprint density at radius 3 is 2.65 bits per heavy atom. The minimum Gasteiger partial charge on any atom is -0.483 e. The highest BCUT2D eigenvalue weighted by Gasteiger charge is 2.36. The summed E-state index contributed by atoms with van der Waals surface area (Å²) in [5, 5.41) is 16.5. The monoisotopic (exact) mass is 384 g/mol. The van der Waals surface area contributed by atoms with Gasteiger partial charge >= 0.3 is 5.97 Å². The molecule has 8 nitrogen and oxygen atoms in total. The lowest BCUT2D eigenvalue weighted by molar-refractivity contribution is -0.138. The number of rotatable bonds is 3. The van der Waals surface area contributed by atoms with Gasteiger partial charge in [-0.3, -0.25) is 19.3 Å². The van der Waals surface area contributed by atoms with Crippen LogP contribution in [0.2, 0.25) is 5.02 Å². The Balaban J connectivity index is 0.000000758. The summed E-state index contributed by atoms with van der Waals surface area (Å²) in [5.74, 6) is -0.811. The van der Waals surface area contributed by atoms with Crippen molar-refractivity contribution >= 4 is 29.9 Å². The molecule has 142 valence electrons. The lowest BCUT2D eigenvalue weighted by atomic mass is 10.1. The molecule has 1 amide bonds. The minimum atomic E-state index is -0.849. The van der Waals surface area contributed by atoms with Crippen molar-refractivity contribution in [3.63, 3.8) is 0 Å². The highest BCUT2D eigenvalue weighted by molar-refractivity contribution is 6.30. The van der Waals surface area contributed by atoms with Gasteiger partial charge in [0.2, 0.25) is 0 Å². The number of benzene rings is 1. The number of carboxylic acids is 1.